The average molecular weight is 251 g/mol. The lowest BCUT2D eigenvalue weighted by Crippen LogP contribution is -2.36. The van der Waals surface area contributed by atoms with Gasteiger partial charge in [-0.05, 0) is 26.3 Å². The lowest BCUT2D eigenvalue weighted by Gasteiger charge is -2.21. The molecule has 0 aliphatic heterocycles. The third-order valence-electron chi connectivity index (χ3n) is 2.36. The van der Waals surface area contributed by atoms with E-state index in [2.05, 4.69) is 5.32 Å². The zero-order chi connectivity index (χ0) is 13.6. The fourth-order valence-corrected chi connectivity index (χ4v) is 1.44. The van der Waals surface area contributed by atoms with E-state index in [1.807, 2.05) is 51.1 Å². The van der Waals surface area contributed by atoms with E-state index in [1.165, 1.54) is 0 Å². The molecule has 100 valence electrons. The Morgan fingerprint density at radius 1 is 1.33 bits per heavy atom. The summed E-state index contributed by atoms with van der Waals surface area (Å²) in [6, 6.07) is 8.98. The van der Waals surface area contributed by atoms with Crippen LogP contribution in [-0.2, 0) is 9.53 Å². The highest BCUT2D eigenvalue weighted by Crippen LogP contribution is 2.12. The van der Waals surface area contributed by atoms with Crippen LogP contribution in [0.15, 0.2) is 30.3 Å². The van der Waals surface area contributed by atoms with Gasteiger partial charge in [-0.3, -0.25) is 4.79 Å². The minimum absolute atomic E-state index is 0.00711. The zero-order valence-electron chi connectivity index (χ0n) is 11.1. The summed E-state index contributed by atoms with van der Waals surface area (Å²) >= 11 is 0. The van der Waals surface area contributed by atoms with Crippen LogP contribution in [-0.4, -0.2) is 29.8 Å². The summed E-state index contributed by atoms with van der Waals surface area (Å²) in [4.78, 5) is 11.7. The van der Waals surface area contributed by atoms with E-state index in [1.54, 1.807) is 0 Å². The van der Waals surface area contributed by atoms with Gasteiger partial charge in [-0.25, -0.2) is 0 Å². The number of aliphatic hydroxyl groups is 1. The Hall–Kier alpha value is -1.39. The normalized spacial score (nSPS) is 13.1. The second-order valence-corrected chi connectivity index (χ2v) is 5.11. The van der Waals surface area contributed by atoms with Crippen LogP contribution >= 0.6 is 0 Å². The van der Waals surface area contributed by atoms with E-state index in [9.17, 15) is 9.90 Å². The largest absolute Gasteiger partial charge is 0.394 e. The van der Waals surface area contributed by atoms with Crippen molar-refractivity contribution in [3.63, 3.8) is 0 Å². The Bertz CT molecular complexity index is 370. The van der Waals surface area contributed by atoms with Gasteiger partial charge in [0, 0.05) is 0 Å². The highest BCUT2D eigenvalue weighted by Gasteiger charge is 2.16. The molecule has 4 nitrogen and oxygen atoms in total. The van der Waals surface area contributed by atoms with Crippen LogP contribution in [0.2, 0.25) is 0 Å². The molecular weight excluding hydrogens is 230 g/mol. The van der Waals surface area contributed by atoms with E-state index in [4.69, 9.17) is 4.74 Å². The molecule has 0 fully saturated rings. The van der Waals surface area contributed by atoms with E-state index < -0.39 is 0 Å². The number of rotatable bonds is 5. The molecule has 0 aliphatic rings. The first kappa shape index (κ1) is 14.7. The Morgan fingerprint density at radius 3 is 2.44 bits per heavy atom. The number of benzene rings is 1. The Morgan fingerprint density at radius 2 is 1.94 bits per heavy atom. The molecule has 2 N–H and O–H groups in total. The summed E-state index contributed by atoms with van der Waals surface area (Å²) in [5.41, 5.74) is 0.530. The van der Waals surface area contributed by atoms with Crippen molar-refractivity contribution < 1.29 is 14.6 Å². The second-order valence-electron chi connectivity index (χ2n) is 5.11. The zero-order valence-corrected chi connectivity index (χ0v) is 11.1. The van der Waals surface area contributed by atoms with Crippen LogP contribution in [0.5, 0.6) is 0 Å². The smallest absolute Gasteiger partial charge is 0.246 e. The fourth-order valence-electron chi connectivity index (χ4n) is 1.44. The highest BCUT2D eigenvalue weighted by molar-refractivity contribution is 5.77. The summed E-state index contributed by atoms with van der Waals surface area (Å²) in [5, 5.41) is 12.0. The number of ether oxygens (including phenoxy) is 1. The Kier molecular flexibility index (Phi) is 5.31. The number of carbonyl (C=O) groups excluding carboxylic acids is 1. The summed E-state index contributed by atoms with van der Waals surface area (Å²) < 4.78 is 5.38. The first-order valence-electron chi connectivity index (χ1n) is 6.01. The number of amides is 1. The molecule has 0 spiro atoms. The maximum absolute atomic E-state index is 11.7. The second kappa shape index (κ2) is 6.52. The molecule has 18 heavy (non-hydrogen) atoms. The van der Waals surface area contributed by atoms with Crippen molar-refractivity contribution in [1.29, 1.82) is 0 Å². The predicted molar refractivity (Wildman–Crippen MR) is 70.1 cm³/mol. The molecule has 1 aromatic rings. The van der Waals surface area contributed by atoms with Crippen LogP contribution < -0.4 is 5.32 Å². The number of hydrogen-bond acceptors (Lipinski definition) is 3. The van der Waals surface area contributed by atoms with Gasteiger partial charge < -0.3 is 15.2 Å². The topological polar surface area (TPSA) is 58.6 Å². The number of aliphatic hydroxyl groups excluding tert-OH is 1. The van der Waals surface area contributed by atoms with Crippen molar-refractivity contribution in [3.8, 4) is 0 Å². The molecule has 1 atom stereocenters. The maximum Gasteiger partial charge on any atom is 0.246 e. The first-order chi connectivity index (χ1) is 8.42. The predicted octanol–water partition coefficient (Wildman–Crippen LogP) is 1.65. The van der Waals surface area contributed by atoms with Crippen molar-refractivity contribution in [2.45, 2.75) is 32.4 Å². The van der Waals surface area contributed by atoms with Gasteiger partial charge >= 0.3 is 0 Å². The molecule has 0 bridgehead atoms. The van der Waals surface area contributed by atoms with Crippen molar-refractivity contribution in [2.75, 3.05) is 13.2 Å². The minimum Gasteiger partial charge on any atom is -0.394 e. The van der Waals surface area contributed by atoms with Crippen LogP contribution in [0.3, 0.4) is 0 Å². The molecule has 0 radical (unpaired) electrons. The standard InChI is InChI=1S/C14H21NO3/c1-14(2,3)18-10-13(17)15-12(9-16)11-7-5-4-6-8-11/h4-8,12,16H,9-10H2,1-3H3,(H,15,17)/t12-/m1/s1. The fraction of sp³-hybridized carbons (Fsp3) is 0.500. The van der Waals surface area contributed by atoms with Crippen molar-refractivity contribution in [1.82, 2.24) is 5.32 Å². The lowest BCUT2D eigenvalue weighted by molar-refractivity contribution is -0.131. The van der Waals surface area contributed by atoms with E-state index in [-0.39, 0.29) is 30.8 Å². The van der Waals surface area contributed by atoms with Gasteiger partial charge in [0.25, 0.3) is 0 Å². The van der Waals surface area contributed by atoms with Crippen molar-refractivity contribution in [3.05, 3.63) is 35.9 Å². The van der Waals surface area contributed by atoms with E-state index in [0.29, 0.717) is 0 Å². The van der Waals surface area contributed by atoms with Crippen LogP contribution in [0.25, 0.3) is 0 Å². The molecule has 0 aromatic heterocycles. The summed E-state index contributed by atoms with van der Waals surface area (Å²) in [6.07, 6.45) is 0. The summed E-state index contributed by atoms with van der Waals surface area (Å²) in [6.45, 7) is 5.53. The van der Waals surface area contributed by atoms with Crippen LogP contribution in [0, 0.1) is 0 Å². The third-order valence-corrected chi connectivity index (χ3v) is 2.36. The van der Waals surface area contributed by atoms with Crippen LogP contribution in [0.4, 0.5) is 0 Å². The molecule has 0 heterocycles. The number of carbonyl (C=O) groups is 1. The minimum atomic E-state index is -0.387. The van der Waals surface area contributed by atoms with Gasteiger partial charge in [0.1, 0.15) is 6.61 Å². The molecule has 1 rings (SSSR count). The van der Waals surface area contributed by atoms with Crippen LogP contribution in [0.1, 0.15) is 32.4 Å². The highest BCUT2D eigenvalue weighted by atomic mass is 16.5. The summed E-state index contributed by atoms with van der Waals surface area (Å²) in [5.74, 6) is -0.229. The van der Waals surface area contributed by atoms with Gasteiger partial charge in [0.15, 0.2) is 0 Å². The molecular formula is C14H21NO3. The number of hydrogen-bond donors (Lipinski definition) is 2. The van der Waals surface area contributed by atoms with Crippen molar-refractivity contribution >= 4 is 5.91 Å². The van der Waals surface area contributed by atoms with E-state index >= 15 is 0 Å². The molecule has 0 unspecified atom stereocenters. The Labute approximate surface area is 108 Å². The van der Waals surface area contributed by atoms with E-state index in [0.717, 1.165) is 5.56 Å². The van der Waals surface area contributed by atoms with Gasteiger partial charge in [-0.2, -0.15) is 0 Å². The monoisotopic (exact) mass is 251 g/mol. The van der Waals surface area contributed by atoms with Crippen molar-refractivity contribution in [2.24, 2.45) is 0 Å². The molecule has 1 amide bonds. The maximum atomic E-state index is 11.7. The molecule has 0 saturated carbocycles. The van der Waals surface area contributed by atoms with Gasteiger partial charge in [-0.15, -0.1) is 0 Å². The van der Waals surface area contributed by atoms with Gasteiger partial charge in [-0.1, -0.05) is 30.3 Å². The third kappa shape index (κ3) is 5.29. The molecule has 4 heteroatoms. The van der Waals surface area contributed by atoms with Gasteiger partial charge in [0.05, 0.1) is 18.2 Å². The molecule has 0 aliphatic carbocycles. The Balaban J connectivity index is 2.51. The first-order valence-corrected chi connectivity index (χ1v) is 6.01. The SMILES string of the molecule is CC(C)(C)OCC(=O)N[C@H](CO)c1ccccc1. The lowest BCUT2D eigenvalue weighted by atomic mass is 10.1. The average Bonchev–Trinajstić information content (AvgIpc) is 2.33. The summed E-state index contributed by atoms with van der Waals surface area (Å²) in [7, 11) is 0. The molecule has 1 aromatic carbocycles. The number of nitrogens with one attached hydrogen (secondary N) is 1. The molecule has 0 saturated heterocycles. The van der Waals surface area contributed by atoms with Gasteiger partial charge in [0.2, 0.25) is 5.91 Å². The quantitative estimate of drug-likeness (QED) is 0.836.